The van der Waals surface area contributed by atoms with E-state index in [0.29, 0.717) is 97.9 Å². The average Bonchev–Trinajstić information content (AvgIpc) is 3.28. The van der Waals surface area contributed by atoms with Crippen LogP contribution in [0.4, 0.5) is 0 Å². The van der Waals surface area contributed by atoms with E-state index in [1.807, 2.05) is 23.9 Å². The number of amides is 2. The molecule has 2 amide bonds. The van der Waals surface area contributed by atoms with Crippen molar-refractivity contribution in [3.05, 3.63) is 31.3 Å². The molecule has 2 saturated heterocycles. The maximum absolute atomic E-state index is 12.0. The monoisotopic (exact) mass is 1010 g/mol. The fraction of sp³-hybridized carbons (Fsp3) is 0.730. The third-order valence-electron chi connectivity index (χ3n) is 8.66. The third kappa shape index (κ3) is 46.1. The number of carboxylic acids is 2. The Morgan fingerprint density at radius 2 is 0.944 bits per heavy atom. The Balaban J connectivity index is -0.00000106. The molecule has 0 radical (unpaired) electrons. The molecule has 0 saturated carbocycles. The number of nitrogens with zero attached hydrogens (tertiary/aromatic N) is 15. The number of likely N-dealkylation sites (N-methyl/N-ethyl adjacent to an activating group) is 2. The molecule has 34 heteroatoms. The van der Waals surface area contributed by atoms with E-state index in [2.05, 4.69) is 50.2 Å². The van der Waals surface area contributed by atoms with E-state index < -0.39 is 35.8 Å². The molecule has 2 rings (SSSR count). The highest BCUT2D eigenvalue weighted by molar-refractivity contribution is 5.90. The third-order valence-corrected chi connectivity index (χ3v) is 8.66. The first-order valence-corrected chi connectivity index (χ1v) is 21.3. The minimum atomic E-state index is -1.02. The first-order chi connectivity index (χ1) is 33.8. The predicted molar refractivity (Wildman–Crippen MR) is 239 cm³/mol. The Morgan fingerprint density at radius 3 is 1.32 bits per heavy atom. The summed E-state index contributed by atoms with van der Waals surface area (Å²) in [5.74, 6) is -4.97. The Kier molecular flexibility index (Phi) is 44.2. The second-order valence-corrected chi connectivity index (χ2v) is 14.5. The summed E-state index contributed by atoms with van der Waals surface area (Å²) in [5, 5.41) is 33.6. The number of azide groups is 3. The Bertz CT molecular complexity index is 1780. The topological polar surface area (TPSA) is 480 Å². The standard InChI is InChI=1S/C18H35N11O4.C14H19N3O8.C3H8N4.2CO2/c1-27(9-10-28(2)13-16(30)21-5-3-7-23-25-19)11-12-29(15-18(32)33)14-17(31)22-6-4-8-24-26-20;18-10(19)5-15(1-3-16-6-11(20)24-12(21)7-16)2-4-17-8-13(22)25-14(23)9-17;4-2-1-3-6-7-5;2*2-1-3/h3-15H2,1-2H3,(H,21,30)(H,22,31)(H,32,33);1-9H2,(H,18,19);1-4H2;;. The maximum atomic E-state index is 12.0. The van der Waals surface area contributed by atoms with Crippen molar-refractivity contribution in [2.75, 3.05) is 158 Å². The number of carbonyl (C=O) groups is 8. The van der Waals surface area contributed by atoms with Crippen LogP contribution < -0.4 is 16.4 Å². The summed E-state index contributed by atoms with van der Waals surface area (Å²) in [4.78, 5) is 141. The normalized spacial score (nSPS) is 12.9. The lowest BCUT2D eigenvalue weighted by atomic mass is 10.3. The van der Waals surface area contributed by atoms with Gasteiger partial charge in [-0.3, -0.25) is 62.9 Å². The zero-order chi connectivity index (χ0) is 54.2. The maximum Gasteiger partial charge on any atom is 0.373 e. The molecule has 0 bridgehead atoms. The zero-order valence-electron chi connectivity index (χ0n) is 39.6. The van der Waals surface area contributed by atoms with Crippen LogP contribution in [0.15, 0.2) is 15.3 Å². The van der Waals surface area contributed by atoms with Crippen molar-refractivity contribution in [1.29, 1.82) is 0 Å². The summed E-state index contributed by atoms with van der Waals surface area (Å²) in [6, 6.07) is 0. The van der Waals surface area contributed by atoms with Crippen LogP contribution in [0.5, 0.6) is 0 Å². The van der Waals surface area contributed by atoms with Crippen LogP contribution >= 0.6 is 0 Å². The van der Waals surface area contributed by atoms with Gasteiger partial charge in [0.15, 0.2) is 0 Å². The summed E-state index contributed by atoms with van der Waals surface area (Å²) in [7, 11) is 3.72. The van der Waals surface area contributed by atoms with E-state index in [-0.39, 0.29) is 83.0 Å². The van der Waals surface area contributed by atoms with Crippen molar-refractivity contribution in [3.8, 4) is 0 Å². The number of aliphatic carboxylic acids is 2. The molecule has 0 spiro atoms. The van der Waals surface area contributed by atoms with Crippen molar-refractivity contribution in [2.24, 2.45) is 21.1 Å². The van der Waals surface area contributed by atoms with E-state index in [1.165, 1.54) is 0 Å². The van der Waals surface area contributed by atoms with Crippen LogP contribution in [0, 0.1) is 0 Å². The van der Waals surface area contributed by atoms with Crippen LogP contribution in [0.1, 0.15) is 19.3 Å². The van der Waals surface area contributed by atoms with Gasteiger partial charge < -0.3 is 41.0 Å². The molecule has 2 aliphatic heterocycles. The van der Waals surface area contributed by atoms with Gasteiger partial charge in [-0.2, -0.15) is 19.2 Å². The van der Waals surface area contributed by atoms with E-state index in [1.54, 1.807) is 19.6 Å². The van der Waals surface area contributed by atoms with Gasteiger partial charge in [0, 0.05) is 99.8 Å². The van der Waals surface area contributed by atoms with Gasteiger partial charge in [-0.1, -0.05) is 15.3 Å². The van der Waals surface area contributed by atoms with Crippen LogP contribution in [0.3, 0.4) is 0 Å². The van der Waals surface area contributed by atoms with E-state index in [9.17, 15) is 38.4 Å². The number of hydrogen-bond donors (Lipinski definition) is 5. The van der Waals surface area contributed by atoms with Gasteiger partial charge >= 0.3 is 48.1 Å². The van der Waals surface area contributed by atoms with Crippen molar-refractivity contribution in [2.45, 2.75) is 19.3 Å². The molecule has 34 nitrogen and oxygen atoms in total. The summed E-state index contributed by atoms with van der Waals surface area (Å²) in [6.07, 6.45) is 2.38. The predicted octanol–water partition coefficient (Wildman–Crippen LogP) is -3.51. The Hall–Kier alpha value is -7.43. The highest BCUT2D eigenvalue weighted by atomic mass is 16.6. The first kappa shape index (κ1) is 67.8. The molecular weight excluding hydrogens is 953 g/mol. The van der Waals surface area contributed by atoms with Gasteiger partial charge in [-0.25, -0.2) is 0 Å². The van der Waals surface area contributed by atoms with Gasteiger partial charge in [0.2, 0.25) is 11.8 Å². The number of morpholine rings is 2. The Morgan fingerprint density at radius 1 is 0.592 bits per heavy atom. The van der Waals surface area contributed by atoms with Crippen LogP contribution in [-0.4, -0.2) is 258 Å². The molecule has 6 N–H and O–H groups in total. The molecule has 2 aliphatic rings. The summed E-state index contributed by atoms with van der Waals surface area (Å²) in [5.41, 5.74) is 29.2. The summed E-state index contributed by atoms with van der Waals surface area (Å²) in [6.45, 7) is 5.62. The fourth-order valence-corrected chi connectivity index (χ4v) is 5.43. The molecule has 0 atom stereocenters. The number of cyclic esters (lactones) is 4. The minimum absolute atomic E-state index is 0.0287. The van der Waals surface area contributed by atoms with E-state index in [4.69, 9.17) is 51.7 Å². The zero-order valence-corrected chi connectivity index (χ0v) is 39.6. The summed E-state index contributed by atoms with van der Waals surface area (Å²) >= 11 is 0. The largest absolute Gasteiger partial charge is 0.480 e. The highest BCUT2D eigenvalue weighted by Gasteiger charge is 2.27. The average molecular weight is 1020 g/mol. The quantitative estimate of drug-likeness (QED) is 0.0112. The summed E-state index contributed by atoms with van der Waals surface area (Å²) < 4.78 is 8.85. The van der Waals surface area contributed by atoms with Crippen molar-refractivity contribution in [3.63, 3.8) is 0 Å². The van der Waals surface area contributed by atoms with Crippen molar-refractivity contribution < 1.29 is 77.2 Å². The first-order valence-electron chi connectivity index (χ1n) is 21.3. The number of nitrogens with two attached hydrogens (primary N) is 1. The van der Waals surface area contributed by atoms with Crippen molar-refractivity contribution in [1.82, 2.24) is 40.0 Å². The second kappa shape index (κ2) is 46.3. The number of carbonyl (C=O) groups excluding carboxylic acids is 10. The minimum Gasteiger partial charge on any atom is -0.480 e. The number of esters is 4. The van der Waals surface area contributed by atoms with Gasteiger partial charge in [0.25, 0.3) is 0 Å². The van der Waals surface area contributed by atoms with Crippen LogP contribution in [0.25, 0.3) is 31.3 Å². The van der Waals surface area contributed by atoms with Crippen molar-refractivity contribution >= 4 is 59.9 Å². The molecular formula is C37H62N18O16. The van der Waals surface area contributed by atoms with Gasteiger partial charge in [-0.05, 0) is 56.5 Å². The van der Waals surface area contributed by atoms with E-state index >= 15 is 0 Å². The number of rotatable bonds is 31. The molecule has 0 aliphatic carbocycles. The molecule has 0 aromatic heterocycles. The smallest absolute Gasteiger partial charge is 0.373 e. The number of hydrogen-bond acceptors (Lipinski definition) is 24. The molecule has 0 aromatic rings. The number of ether oxygens (including phenoxy) is 2. The fourth-order valence-electron chi connectivity index (χ4n) is 5.43. The van der Waals surface area contributed by atoms with E-state index in [0.717, 1.165) is 6.42 Å². The number of nitrogens with one attached hydrogen (secondary N) is 2. The molecule has 2 heterocycles. The SMILES string of the molecule is CN(CCN(C)CC(=O)NCCCN=[N+]=[N-])CCN(CC(=O)O)CC(=O)NCCCN=[N+]=[N-].O=C(O)CN(CCN1CC(=O)OC(=O)C1)CCN1CC(=O)OC(=O)C1.O=C=O.O=C=O.[N-]=[N+]=NCCCN. The highest BCUT2D eigenvalue weighted by Crippen LogP contribution is 2.04. The molecule has 2 fully saturated rings. The molecule has 0 aromatic carbocycles. The molecule has 0 unspecified atom stereocenters. The lowest BCUT2D eigenvalue weighted by Crippen LogP contribution is -2.49. The molecule has 396 valence electrons. The van der Waals surface area contributed by atoms with Gasteiger partial charge in [0.1, 0.15) is 0 Å². The van der Waals surface area contributed by atoms with Gasteiger partial charge in [-0.15, -0.1) is 0 Å². The lowest BCUT2D eigenvalue weighted by molar-refractivity contribution is -0.193. The Labute approximate surface area is 406 Å². The van der Waals surface area contributed by atoms with Crippen LogP contribution in [-0.2, 0) is 67.0 Å². The number of carboxylic acid groups (broad SMARTS) is 2. The van der Waals surface area contributed by atoms with Crippen LogP contribution in [0.2, 0.25) is 0 Å². The second-order valence-electron chi connectivity index (χ2n) is 14.5. The van der Waals surface area contributed by atoms with Gasteiger partial charge in [0.05, 0.1) is 52.4 Å². The molecule has 71 heavy (non-hydrogen) atoms. The lowest BCUT2D eigenvalue weighted by Gasteiger charge is -2.30.